The molecule has 0 saturated heterocycles. The molecule has 1 heterocycles. The number of rotatable bonds is 3. The molecule has 0 aliphatic carbocycles. The highest BCUT2D eigenvalue weighted by molar-refractivity contribution is 6.42. The van der Waals surface area contributed by atoms with Crippen molar-refractivity contribution >= 4 is 34.8 Å². The van der Waals surface area contributed by atoms with Crippen LogP contribution in [0.25, 0.3) is 0 Å². The molecule has 0 saturated carbocycles. The molecule has 0 bridgehead atoms. The molecule has 0 aliphatic heterocycles. The maximum atomic E-state index is 12.0. The van der Waals surface area contributed by atoms with Gasteiger partial charge in [-0.2, -0.15) is 4.98 Å². The van der Waals surface area contributed by atoms with Crippen LogP contribution >= 0.6 is 34.8 Å². The van der Waals surface area contributed by atoms with Crippen LogP contribution in [-0.4, -0.2) is 11.3 Å². The molecular formula is C12H5Cl3F3NO2. The van der Waals surface area contributed by atoms with E-state index in [9.17, 15) is 13.2 Å². The van der Waals surface area contributed by atoms with Gasteiger partial charge in [0.15, 0.2) is 5.15 Å². The van der Waals surface area contributed by atoms with Crippen LogP contribution in [-0.2, 0) is 0 Å². The van der Waals surface area contributed by atoms with Gasteiger partial charge in [-0.05, 0) is 30.3 Å². The summed E-state index contributed by atoms with van der Waals surface area (Å²) in [6, 6.07) is 6.06. The standard InChI is InChI=1S/C12H5Cl3F3NO2/c13-8-5-9(14)11(19-10(8)15)20-6-1-3-7(4-2-6)21-12(16,17)18/h1-5H. The minimum Gasteiger partial charge on any atom is -0.437 e. The zero-order valence-corrected chi connectivity index (χ0v) is 12.2. The zero-order valence-electron chi connectivity index (χ0n) is 9.92. The number of ether oxygens (including phenoxy) is 2. The Hall–Kier alpha value is -1.37. The quantitative estimate of drug-likeness (QED) is 0.656. The summed E-state index contributed by atoms with van der Waals surface area (Å²) in [6.45, 7) is 0. The van der Waals surface area contributed by atoms with Crippen molar-refractivity contribution in [3.8, 4) is 17.4 Å². The second kappa shape index (κ2) is 6.17. The van der Waals surface area contributed by atoms with E-state index in [2.05, 4.69) is 9.72 Å². The van der Waals surface area contributed by atoms with Crippen molar-refractivity contribution in [2.24, 2.45) is 0 Å². The fraction of sp³-hybridized carbons (Fsp3) is 0.0833. The fourth-order valence-corrected chi connectivity index (χ4v) is 1.85. The van der Waals surface area contributed by atoms with Gasteiger partial charge in [0.1, 0.15) is 16.5 Å². The minimum atomic E-state index is -4.75. The predicted octanol–water partition coefficient (Wildman–Crippen LogP) is 5.73. The first kappa shape index (κ1) is 16.0. The third-order valence-corrected chi connectivity index (χ3v) is 3.07. The largest absolute Gasteiger partial charge is 0.573 e. The van der Waals surface area contributed by atoms with E-state index in [0.29, 0.717) is 0 Å². The number of alkyl halides is 3. The summed E-state index contributed by atoms with van der Waals surface area (Å²) in [5.41, 5.74) is 0. The number of nitrogens with zero attached hydrogens (tertiary/aromatic N) is 1. The van der Waals surface area contributed by atoms with Crippen LogP contribution in [0.2, 0.25) is 15.2 Å². The number of benzene rings is 1. The first-order chi connectivity index (χ1) is 9.74. The summed E-state index contributed by atoms with van der Waals surface area (Å²) < 4.78 is 45.1. The van der Waals surface area contributed by atoms with Gasteiger partial charge >= 0.3 is 6.36 Å². The van der Waals surface area contributed by atoms with Gasteiger partial charge in [0.2, 0.25) is 5.88 Å². The van der Waals surface area contributed by atoms with E-state index >= 15 is 0 Å². The van der Waals surface area contributed by atoms with Crippen molar-refractivity contribution in [2.45, 2.75) is 6.36 Å². The number of aromatic nitrogens is 1. The topological polar surface area (TPSA) is 31.4 Å². The fourth-order valence-electron chi connectivity index (χ4n) is 1.32. The van der Waals surface area contributed by atoms with Gasteiger partial charge in [-0.25, -0.2) is 0 Å². The maximum Gasteiger partial charge on any atom is 0.573 e. The van der Waals surface area contributed by atoms with E-state index in [-0.39, 0.29) is 32.6 Å². The summed E-state index contributed by atoms with van der Waals surface area (Å²) in [7, 11) is 0. The van der Waals surface area contributed by atoms with Gasteiger partial charge in [0, 0.05) is 0 Å². The smallest absolute Gasteiger partial charge is 0.437 e. The molecule has 3 nitrogen and oxygen atoms in total. The molecule has 1 aromatic carbocycles. The number of halogens is 6. The summed E-state index contributed by atoms with van der Waals surface area (Å²) in [5, 5.41) is 0.260. The number of pyridine rings is 1. The molecule has 0 atom stereocenters. The van der Waals surface area contributed by atoms with E-state index in [1.165, 1.54) is 18.2 Å². The van der Waals surface area contributed by atoms with Crippen molar-refractivity contribution in [1.29, 1.82) is 0 Å². The number of hydrogen-bond donors (Lipinski definition) is 0. The lowest BCUT2D eigenvalue weighted by Crippen LogP contribution is -2.16. The third kappa shape index (κ3) is 4.56. The Morgan fingerprint density at radius 2 is 1.48 bits per heavy atom. The van der Waals surface area contributed by atoms with E-state index in [0.717, 1.165) is 12.1 Å². The molecule has 0 radical (unpaired) electrons. The highest BCUT2D eigenvalue weighted by Gasteiger charge is 2.31. The van der Waals surface area contributed by atoms with Crippen LogP contribution in [0.3, 0.4) is 0 Å². The van der Waals surface area contributed by atoms with Crippen LogP contribution in [0.4, 0.5) is 13.2 Å². The Kier molecular flexibility index (Phi) is 4.70. The van der Waals surface area contributed by atoms with Crippen molar-refractivity contribution in [3.05, 3.63) is 45.5 Å². The molecule has 0 N–H and O–H groups in total. The first-order valence-electron chi connectivity index (χ1n) is 5.30. The van der Waals surface area contributed by atoms with Gasteiger partial charge in [0.05, 0.1) is 5.02 Å². The number of hydrogen-bond acceptors (Lipinski definition) is 3. The molecule has 0 unspecified atom stereocenters. The molecule has 0 amide bonds. The lowest BCUT2D eigenvalue weighted by Gasteiger charge is -2.10. The van der Waals surface area contributed by atoms with E-state index < -0.39 is 6.36 Å². The van der Waals surface area contributed by atoms with Gasteiger partial charge < -0.3 is 9.47 Å². The van der Waals surface area contributed by atoms with Crippen molar-refractivity contribution < 1.29 is 22.6 Å². The summed E-state index contributed by atoms with van der Waals surface area (Å²) in [6.07, 6.45) is -4.75. The highest BCUT2D eigenvalue weighted by atomic mass is 35.5. The van der Waals surface area contributed by atoms with Crippen LogP contribution in [0.5, 0.6) is 17.4 Å². The molecular weight excluding hydrogens is 353 g/mol. The lowest BCUT2D eigenvalue weighted by molar-refractivity contribution is -0.274. The molecule has 0 aliphatic rings. The van der Waals surface area contributed by atoms with Crippen molar-refractivity contribution in [1.82, 2.24) is 4.98 Å². The summed E-state index contributed by atoms with van der Waals surface area (Å²) >= 11 is 17.3. The van der Waals surface area contributed by atoms with E-state index in [1.54, 1.807) is 0 Å². The first-order valence-corrected chi connectivity index (χ1v) is 6.43. The molecule has 2 aromatic rings. The molecule has 1 aromatic heterocycles. The molecule has 112 valence electrons. The second-order valence-corrected chi connectivity index (χ2v) is 4.84. The van der Waals surface area contributed by atoms with Crippen LogP contribution < -0.4 is 9.47 Å². The average Bonchev–Trinajstić information content (AvgIpc) is 2.36. The Morgan fingerprint density at radius 1 is 0.905 bits per heavy atom. The maximum absolute atomic E-state index is 12.0. The Bertz CT molecular complexity index is 647. The van der Waals surface area contributed by atoms with Gasteiger partial charge in [-0.3, -0.25) is 0 Å². The highest BCUT2D eigenvalue weighted by Crippen LogP contribution is 2.34. The third-order valence-electron chi connectivity index (χ3n) is 2.13. The van der Waals surface area contributed by atoms with E-state index in [1.807, 2.05) is 0 Å². The Labute approximate surface area is 132 Å². The molecule has 2 rings (SSSR count). The molecule has 21 heavy (non-hydrogen) atoms. The average molecular weight is 359 g/mol. The SMILES string of the molecule is FC(F)(F)Oc1ccc(Oc2nc(Cl)c(Cl)cc2Cl)cc1. The van der Waals surface area contributed by atoms with Crippen LogP contribution in [0.1, 0.15) is 0 Å². The second-order valence-electron chi connectivity index (χ2n) is 3.67. The minimum absolute atomic E-state index is 0.00640. The van der Waals surface area contributed by atoms with E-state index in [4.69, 9.17) is 39.5 Å². The Morgan fingerprint density at radius 3 is 2.05 bits per heavy atom. The summed E-state index contributed by atoms with van der Waals surface area (Å²) in [5.74, 6) is -0.184. The van der Waals surface area contributed by atoms with Gasteiger partial charge in [-0.1, -0.05) is 34.8 Å². The molecule has 0 spiro atoms. The predicted molar refractivity (Wildman–Crippen MR) is 72.5 cm³/mol. The Balaban J connectivity index is 2.16. The molecule has 9 heteroatoms. The lowest BCUT2D eigenvalue weighted by atomic mass is 10.3. The van der Waals surface area contributed by atoms with Gasteiger partial charge in [-0.15, -0.1) is 13.2 Å². The zero-order chi connectivity index (χ0) is 15.6. The van der Waals surface area contributed by atoms with Crippen molar-refractivity contribution in [3.63, 3.8) is 0 Å². The summed E-state index contributed by atoms with van der Waals surface area (Å²) in [4.78, 5) is 3.82. The van der Waals surface area contributed by atoms with Crippen LogP contribution in [0, 0.1) is 0 Å². The van der Waals surface area contributed by atoms with Gasteiger partial charge in [0.25, 0.3) is 0 Å². The molecule has 0 fully saturated rings. The normalized spacial score (nSPS) is 11.3. The van der Waals surface area contributed by atoms with Crippen molar-refractivity contribution in [2.75, 3.05) is 0 Å². The monoisotopic (exact) mass is 357 g/mol. The van der Waals surface area contributed by atoms with Crippen LogP contribution in [0.15, 0.2) is 30.3 Å².